The quantitative estimate of drug-likeness (QED) is 0.568. The van der Waals surface area contributed by atoms with Gasteiger partial charge >= 0.3 is 5.97 Å². The van der Waals surface area contributed by atoms with E-state index in [9.17, 15) is 4.79 Å². The van der Waals surface area contributed by atoms with Crippen molar-refractivity contribution in [2.24, 2.45) is 0 Å². The Bertz CT molecular complexity index is 82.5. The number of carboxylic acids is 1. The first-order valence-corrected chi connectivity index (χ1v) is 3.11. The van der Waals surface area contributed by atoms with Gasteiger partial charge in [0.2, 0.25) is 0 Å². The minimum Gasteiger partial charge on any atom is -0.480 e. The molecule has 8 heavy (non-hydrogen) atoms. The lowest BCUT2D eigenvalue weighted by atomic mass is 10.2. The Balaban J connectivity index is 3.32. The number of rotatable bonds is 3. The largest absolute Gasteiger partial charge is 0.480 e. The van der Waals surface area contributed by atoms with Gasteiger partial charge in [-0.3, -0.25) is 4.79 Å². The number of thiol groups is 1. The van der Waals surface area contributed by atoms with Crippen molar-refractivity contribution in [2.75, 3.05) is 0 Å². The molecule has 2 nitrogen and oxygen atoms in total. The van der Waals surface area contributed by atoms with Crippen LogP contribution in [-0.4, -0.2) is 16.3 Å². The minimum absolute atomic E-state index is 0.472. The van der Waals surface area contributed by atoms with Gasteiger partial charge < -0.3 is 5.11 Å². The van der Waals surface area contributed by atoms with Crippen molar-refractivity contribution in [1.82, 2.24) is 0 Å². The third-order valence-electron chi connectivity index (χ3n) is 0.847. The SMILES string of the molecule is CCCC(S)C(=O)O. The summed E-state index contributed by atoms with van der Waals surface area (Å²) < 4.78 is 0. The second-order valence-corrected chi connectivity index (χ2v) is 2.27. The van der Waals surface area contributed by atoms with E-state index in [1.807, 2.05) is 6.92 Å². The molecule has 1 atom stereocenters. The molecule has 1 unspecified atom stereocenters. The summed E-state index contributed by atoms with van der Waals surface area (Å²) in [5.41, 5.74) is 0. The van der Waals surface area contributed by atoms with Crippen molar-refractivity contribution in [3.05, 3.63) is 0 Å². The summed E-state index contributed by atoms with van der Waals surface area (Å²) in [7, 11) is 0. The Morgan fingerprint density at radius 3 is 2.50 bits per heavy atom. The van der Waals surface area contributed by atoms with Crippen molar-refractivity contribution in [3.8, 4) is 0 Å². The predicted octanol–water partition coefficient (Wildman–Crippen LogP) is 1.17. The van der Waals surface area contributed by atoms with Crippen LogP contribution in [0.25, 0.3) is 0 Å². The Morgan fingerprint density at radius 1 is 1.88 bits per heavy atom. The highest BCUT2D eigenvalue weighted by atomic mass is 32.1. The molecule has 0 aromatic carbocycles. The van der Waals surface area contributed by atoms with Crippen LogP contribution in [0.4, 0.5) is 0 Å². The van der Waals surface area contributed by atoms with Crippen LogP contribution in [0.15, 0.2) is 0 Å². The van der Waals surface area contributed by atoms with Crippen LogP contribution in [0, 0.1) is 0 Å². The van der Waals surface area contributed by atoms with Crippen molar-refractivity contribution >= 4 is 18.6 Å². The van der Waals surface area contributed by atoms with Gasteiger partial charge in [-0.1, -0.05) is 13.3 Å². The number of carbonyl (C=O) groups is 1. The van der Waals surface area contributed by atoms with Crippen molar-refractivity contribution < 1.29 is 9.90 Å². The highest BCUT2D eigenvalue weighted by Gasteiger charge is 2.08. The average molecular weight is 134 g/mol. The number of carboxylic acid groups (broad SMARTS) is 1. The van der Waals surface area contributed by atoms with Crippen LogP contribution in [0.5, 0.6) is 0 Å². The van der Waals surface area contributed by atoms with E-state index in [1.165, 1.54) is 0 Å². The van der Waals surface area contributed by atoms with E-state index in [4.69, 9.17) is 5.11 Å². The maximum atomic E-state index is 10.0. The molecule has 0 saturated heterocycles. The fourth-order valence-corrected chi connectivity index (χ4v) is 0.655. The van der Waals surface area contributed by atoms with Gasteiger partial charge in [0.15, 0.2) is 0 Å². The first-order chi connectivity index (χ1) is 3.68. The highest BCUT2D eigenvalue weighted by molar-refractivity contribution is 7.81. The van der Waals surface area contributed by atoms with Gasteiger partial charge in [0.1, 0.15) is 0 Å². The molecule has 0 fully saturated rings. The zero-order valence-electron chi connectivity index (χ0n) is 4.79. The summed E-state index contributed by atoms with van der Waals surface area (Å²) in [6.07, 6.45) is 1.53. The Morgan fingerprint density at radius 2 is 2.38 bits per heavy atom. The molecular formula is C5H10O2S. The average Bonchev–Trinajstić information content (AvgIpc) is 1.67. The summed E-state index contributed by atoms with van der Waals surface area (Å²) >= 11 is 3.81. The summed E-state index contributed by atoms with van der Waals surface area (Å²) in [6.45, 7) is 1.94. The van der Waals surface area contributed by atoms with Gasteiger partial charge in [0.05, 0.1) is 5.25 Å². The molecule has 0 spiro atoms. The molecule has 0 aliphatic rings. The summed E-state index contributed by atoms with van der Waals surface area (Å²) in [5.74, 6) is -0.824. The topological polar surface area (TPSA) is 37.3 Å². The fraction of sp³-hybridized carbons (Fsp3) is 0.800. The molecule has 0 rings (SSSR count). The predicted molar refractivity (Wildman–Crippen MR) is 35.3 cm³/mol. The summed E-state index contributed by atoms with van der Waals surface area (Å²) in [5, 5.41) is 7.76. The molecule has 0 aliphatic heterocycles. The molecule has 0 heterocycles. The summed E-state index contributed by atoms with van der Waals surface area (Å²) in [4.78, 5) is 10.0. The molecular weight excluding hydrogens is 124 g/mol. The van der Waals surface area contributed by atoms with Gasteiger partial charge in [0, 0.05) is 0 Å². The van der Waals surface area contributed by atoms with Crippen LogP contribution >= 0.6 is 12.6 Å². The number of aliphatic carboxylic acids is 1. The molecule has 0 aromatic heterocycles. The van der Waals surface area contributed by atoms with Crippen molar-refractivity contribution in [2.45, 2.75) is 25.0 Å². The highest BCUT2D eigenvalue weighted by Crippen LogP contribution is 2.02. The molecule has 0 aromatic rings. The van der Waals surface area contributed by atoms with Crippen LogP contribution in [0.3, 0.4) is 0 Å². The van der Waals surface area contributed by atoms with E-state index in [-0.39, 0.29) is 0 Å². The van der Waals surface area contributed by atoms with Gasteiger partial charge in [-0.25, -0.2) is 0 Å². The molecule has 3 heteroatoms. The summed E-state index contributed by atoms with van der Waals surface area (Å²) in [6, 6.07) is 0. The standard InChI is InChI=1S/C5H10O2S/c1-2-3-4(8)5(6)7/h4,8H,2-3H2,1H3,(H,6,7). The first-order valence-electron chi connectivity index (χ1n) is 2.59. The molecule has 1 N–H and O–H groups in total. The van der Waals surface area contributed by atoms with E-state index in [2.05, 4.69) is 12.6 Å². The van der Waals surface area contributed by atoms with Crippen LogP contribution < -0.4 is 0 Å². The van der Waals surface area contributed by atoms with E-state index < -0.39 is 11.2 Å². The second-order valence-electron chi connectivity index (χ2n) is 1.64. The van der Waals surface area contributed by atoms with Crippen molar-refractivity contribution in [1.29, 1.82) is 0 Å². The molecule has 0 saturated carbocycles. The Labute approximate surface area is 54.3 Å². The van der Waals surface area contributed by atoms with E-state index in [0.717, 1.165) is 6.42 Å². The smallest absolute Gasteiger partial charge is 0.316 e. The lowest BCUT2D eigenvalue weighted by Gasteiger charge is -1.99. The molecule has 0 amide bonds. The Hall–Kier alpha value is -0.180. The first kappa shape index (κ1) is 7.82. The molecule has 48 valence electrons. The number of hydrogen-bond acceptors (Lipinski definition) is 2. The maximum Gasteiger partial charge on any atom is 0.316 e. The second kappa shape index (κ2) is 3.78. The van der Waals surface area contributed by atoms with Crippen LogP contribution in [0.2, 0.25) is 0 Å². The van der Waals surface area contributed by atoms with Crippen LogP contribution in [0.1, 0.15) is 19.8 Å². The van der Waals surface area contributed by atoms with Crippen LogP contribution in [-0.2, 0) is 4.79 Å². The van der Waals surface area contributed by atoms with Crippen molar-refractivity contribution in [3.63, 3.8) is 0 Å². The van der Waals surface area contributed by atoms with Gasteiger partial charge in [-0.15, -0.1) is 0 Å². The van der Waals surface area contributed by atoms with Gasteiger partial charge in [0.25, 0.3) is 0 Å². The normalized spacial score (nSPS) is 13.2. The van der Waals surface area contributed by atoms with E-state index in [0.29, 0.717) is 6.42 Å². The molecule has 0 aliphatic carbocycles. The van der Waals surface area contributed by atoms with E-state index in [1.54, 1.807) is 0 Å². The lowest BCUT2D eigenvalue weighted by molar-refractivity contribution is -0.136. The third kappa shape index (κ3) is 2.91. The zero-order chi connectivity index (χ0) is 6.57. The monoisotopic (exact) mass is 134 g/mol. The maximum absolute atomic E-state index is 10.0. The van der Waals surface area contributed by atoms with Gasteiger partial charge in [-0.2, -0.15) is 12.6 Å². The minimum atomic E-state index is -0.824. The lowest BCUT2D eigenvalue weighted by Crippen LogP contribution is -2.12. The fourth-order valence-electron chi connectivity index (χ4n) is 0.397. The Kier molecular flexibility index (Phi) is 3.69. The number of hydrogen-bond donors (Lipinski definition) is 2. The molecule has 0 bridgehead atoms. The molecule has 0 radical (unpaired) electrons. The van der Waals surface area contributed by atoms with E-state index >= 15 is 0 Å². The third-order valence-corrected chi connectivity index (χ3v) is 1.33. The van der Waals surface area contributed by atoms with Gasteiger partial charge in [-0.05, 0) is 6.42 Å². The zero-order valence-corrected chi connectivity index (χ0v) is 5.69.